The molecule has 0 saturated carbocycles. The van der Waals surface area contributed by atoms with Gasteiger partial charge in [-0.25, -0.2) is 31.5 Å². The van der Waals surface area contributed by atoms with Crippen LogP contribution in [0.3, 0.4) is 0 Å². The maximum Gasteiger partial charge on any atom is 0.307 e. The lowest BCUT2D eigenvalue weighted by Crippen LogP contribution is -2.40. The van der Waals surface area contributed by atoms with Gasteiger partial charge in [-0.3, -0.25) is 9.59 Å². The molecule has 74 heavy (non-hydrogen) atoms. The number of carbonyl (C=O) groups is 2. The fraction of sp³-hybridized carbons (Fsp3) is 0.630. The third-order valence-corrected chi connectivity index (χ3v) is 23.5. The summed E-state index contributed by atoms with van der Waals surface area (Å²) in [7, 11) is -6.42. The van der Waals surface area contributed by atoms with E-state index in [0.717, 1.165) is 73.4 Å². The van der Waals surface area contributed by atoms with Crippen molar-refractivity contribution in [2.24, 2.45) is 0 Å². The van der Waals surface area contributed by atoms with Gasteiger partial charge in [-0.05, 0) is 120 Å². The molecule has 0 fully saturated rings. The Bertz CT molecular complexity index is 2700. The first kappa shape index (κ1) is 66.7. The number of aryl methyl sites for hydroxylation is 1. The highest BCUT2D eigenvalue weighted by Crippen LogP contribution is 2.39. The van der Waals surface area contributed by atoms with Crippen molar-refractivity contribution in [2.45, 2.75) is 211 Å². The quantitative estimate of drug-likeness (QED) is 0.0569. The molecule has 2 heterocycles. The minimum Gasteiger partial charge on any atom is -0.481 e. The number of carboxylic acid groups (broad SMARTS) is 1. The predicted octanol–water partition coefficient (Wildman–Crippen LogP) is 11.4. The first-order valence-corrected chi connectivity index (χ1v) is 32.9. The molecular weight excluding hydrogens is 1040 g/mol. The second kappa shape index (κ2) is 26.7. The number of hydrogen-bond acceptors (Lipinski definition) is 15. The number of methoxy groups -OCH3 is 2. The third kappa shape index (κ3) is 18.9. The molecule has 0 saturated heterocycles. The number of nitrogens with zero attached hydrogens (tertiary/aromatic N) is 2. The van der Waals surface area contributed by atoms with Crippen molar-refractivity contribution in [1.82, 2.24) is 14.7 Å². The standard InChI is InChI=1S/C29H48N2O6S2Si.C16H24O3.C9H15NO3S2/c1-18(2)21-13-20(16-36-10)14-22(19(3)4)23(21)15-25(32)31-39(34,35)26-24(30-27(38-26)29(8,9)33)17-37-40(11,12)28(5,6)7;1-10(2)13-6-12(9-19-5)7-14(11(3)4)15(13)8-16(17)18;1-5-6-7(15(4,12)13)14-8(10-6)9(2,3)11/h13-14,18-19,33H,15-17H2,1-12H3,(H,31,32);6-7,10-11H,8-9H2,1-5H3,(H,17,18);11H,5H2,1-4H3. The Morgan fingerprint density at radius 2 is 1.01 bits per heavy atom. The summed E-state index contributed by atoms with van der Waals surface area (Å²) >= 11 is 1.91. The Balaban J connectivity index is 0.000000451. The number of aliphatic hydroxyl groups is 2. The van der Waals surface area contributed by atoms with Crippen molar-refractivity contribution in [3.63, 3.8) is 0 Å². The van der Waals surface area contributed by atoms with E-state index in [1.54, 1.807) is 41.9 Å². The molecule has 4 rings (SSSR count). The van der Waals surface area contributed by atoms with Crippen LogP contribution in [0.25, 0.3) is 0 Å². The summed E-state index contributed by atoms with van der Waals surface area (Å²) in [5.74, 6) is -0.527. The topological polar surface area (TPSA) is 229 Å². The molecule has 15 nitrogen and oxygen atoms in total. The molecule has 0 bridgehead atoms. The van der Waals surface area contributed by atoms with Gasteiger partial charge in [-0.15, -0.1) is 22.7 Å². The van der Waals surface area contributed by atoms with E-state index in [-0.39, 0.29) is 55.4 Å². The molecule has 2 aromatic heterocycles. The van der Waals surface area contributed by atoms with Crippen LogP contribution in [0, 0.1) is 0 Å². The van der Waals surface area contributed by atoms with Crippen LogP contribution in [0.5, 0.6) is 0 Å². The average Bonchev–Trinajstić information content (AvgIpc) is 3.91. The number of nitrogens with one attached hydrogen (secondary N) is 1. The molecule has 1 amide bonds. The van der Waals surface area contributed by atoms with Gasteiger partial charge in [0.1, 0.15) is 25.4 Å². The zero-order valence-corrected chi connectivity index (χ0v) is 52.2. The number of benzene rings is 2. The zero-order valence-electron chi connectivity index (χ0n) is 47.9. The Hall–Kier alpha value is -3.44. The van der Waals surface area contributed by atoms with E-state index in [9.17, 15) is 36.6 Å². The van der Waals surface area contributed by atoms with Gasteiger partial charge in [0.25, 0.3) is 10.0 Å². The number of sulfonamides is 1. The third-order valence-electron chi connectivity index (χ3n) is 12.4. The lowest BCUT2D eigenvalue weighted by atomic mass is 9.85. The highest BCUT2D eigenvalue weighted by molar-refractivity contribution is 7.93. The van der Waals surface area contributed by atoms with E-state index in [2.05, 4.69) is 116 Å². The number of carboxylic acids is 1. The predicted molar refractivity (Wildman–Crippen MR) is 300 cm³/mol. The molecule has 4 aromatic rings. The number of rotatable bonds is 21. The van der Waals surface area contributed by atoms with Gasteiger partial charge >= 0.3 is 5.97 Å². The Morgan fingerprint density at radius 1 is 0.649 bits per heavy atom. The average molecular weight is 1130 g/mol. The van der Waals surface area contributed by atoms with E-state index in [1.165, 1.54) is 0 Å². The second-order valence-corrected chi connectivity index (χ2v) is 33.5. The molecule has 0 aliphatic carbocycles. The van der Waals surface area contributed by atoms with Crippen LogP contribution < -0.4 is 4.72 Å². The maximum absolute atomic E-state index is 13.6. The fourth-order valence-corrected chi connectivity index (χ4v) is 13.3. The minimum absolute atomic E-state index is 0.0243. The largest absolute Gasteiger partial charge is 0.481 e. The summed E-state index contributed by atoms with van der Waals surface area (Å²) in [6.45, 7) is 36.2. The van der Waals surface area contributed by atoms with Crippen molar-refractivity contribution < 1.29 is 55.6 Å². The monoisotopic (exact) mass is 1130 g/mol. The first-order chi connectivity index (χ1) is 33.6. The summed E-state index contributed by atoms with van der Waals surface area (Å²) in [5, 5.41) is 30.0. The van der Waals surface area contributed by atoms with Crippen molar-refractivity contribution in [3.05, 3.63) is 90.2 Å². The SMILES string of the molecule is CCc1nc(C(C)(C)O)sc1S(C)(=O)=O.COCc1cc(C(C)C)c(CC(=O)NS(=O)(=O)c2sc(C(C)(C)O)nc2CO[Si](C)(C)C(C)(C)C)c(C(C)C)c1.COCc1cc(C(C)C)c(CC(=O)O)c(C(C)C)c1. The Morgan fingerprint density at radius 3 is 1.31 bits per heavy atom. The van der Waals surface area contributed by atoms with Gasteiger partial charge in [0.05, 0.1) is 44.1 Å². The molecule has 20 heteroatoms. The Labute approximate surface area is 452 Å². The maximum atomic E-state index is 13.6. The molecular formula is C54H87N3O12S4Si. The number of sulfone groups is 1. The van der Waals surface area contributed by atoms with Crippen LogP contribution in [0.1, 0.15) is 200 Å². The minimum atomic E-state index is -4.28. The van der Waals surface area contributed by atoms with Gasteiger partial charge < -0.3 is 29.2 Å². The number of ether oxygens (including phenoxy) is 2. The van der Waals surface area contributed by atoms with E-state index in [1.807, 2.05) is 19.1 Å². The van der Waals surface area contributed by atoms with Crippen molar-refractivity contribution in [3.8, 4) is 0 Å². The van der Waals surface area contributed by atoms with Crippen LogP contribution in [-0.4, -0.2) is 82.8 Å². The van der Waals surface area contributed by atoms with Crippen molar-refractivity contribution in [1.29, 1.82) is 0 Å². The lowest BCUT2D eigenvalue weighted by molar-refractivity contribution is -0.136. The fourth-order valence-electron chi connectivity index (χ4n) is 7.56. The normalized spacial score (nSPS) is 12.8. The number of amides is 1. The molecule has 4 N–H and O–H groups in total. The van der Waals surface area contributed by atoms with Crippen molar-refractivity contribution >= 4 is 62.7 Å². The molecule has 0 aliphatic heterocycles. The highest BCUT2D eigenvalue weighted by atomic mass is 32.2. The second-order valence-electron chi connectivity index (χ2n) is 22.6. The van der Waals surface area contributed by atoms with E-state index >= 15 is 0 Å². The molecule has 418 valence electrons. The summed E-state index contributed by atoms with van der Waals surface area (Å²) < 4.78 is 69.3. The van der Waals surface area contributed by atoms with Crippen LogP contribution in [-0.2, 0) is 93.6 Å². The van der Waals surface area contributed by atoms with Crippen molar-refractivity contribution in [2.75, 3.05) is 20.5 Å². The molecule has 0 radical (unpaired) electrons. The van der Waals surface area contributed by atoms with Crippen LogP contribution in [0.2, 0.25) is 18.1 Å². The molecule has 0 aliphatic rings. The molecule has 0 atom stereocenters. The first-order valence-electron chi connectivity index (χ1n) is 25.0. The zero-order chi connectivity index (χ0) is 57.3. The van der Waals surface area contributed by atoms with E-state index in [4.69, 9.17) is 19.0 Å². The summed E-state index contributed by atoms with van der Waals surface area (Å²) in [6, 6.07) is 8.23. The van der Waals surface area contributed by atoms with Crippen LogP contribution >= 0.6 is 22.7 Å². The molecule has 2 aromatic carbocycles. The van der Waals surface area contributed by atoms with Gasteiger partial charge in [0.15, 0.2) is 22.4 Å². The summed E-state index contributed by atoms with van der Waals surface area (Å²) in [5.41, 5.74) is 6.48. The summed E-state index contributed by atoms with van der Waals surface area (Å²) in [6.07, 6.45) is 1.72. The van der Waals surface area contributed by atoms with Gasteiger partial charge in [0, 0.05) is 20.5 Å². The molecule has 0 spiro atoms. The number of aromatic nitrogens is 2. The van der Waals surface area contributed by atoms with Crippen LogP contribution in [0.4, 0.5) is 0 Å². The summed E-state index contributed by atoms with van der Waals surface area (Å²) in [4.78, 5) is 33.0. The van der Waals surface area contributed by atoms with Gasteiger partial charge in [-0.2, -0.15) is 0 Å². The van der Waals surface area contributed by atoms with E-state index < -0.39 is 51.3 Å². The lowest BCUT2D eigenvalue weighted by Gasteiger charge is -2.36. The number of thiazole rings is 2. The number of aliphatic carboxylic acids is 1. The Kier molecular flexibility index (Phi) is 24.1. The van der Waals surface area contributed by atoms with Gasteiger partial charge in [0.2, 0.25) is 5.91 Å². The number of hydrogen-bond donors (Lipinski definition) is 4. The van der Waals surface area contributed by atoms with Crippen LogP contribution in [0.15, 0.2) is 32.7 Å². The van der Waals surface area contributed by atoms with Gasteiger partial charge in [-0.1, -0.05) is 107 Å². The smallest absolute Gasteiger partial charge is 0.307 e. The molecule has 0 unspecified atom stereocenters. The van der Waals surface area contributed by atoms with E-state index in [0.29, 0.717) is 42.2 Å². The highest BCUT2D eigenvalue weighted by Gasteiger charge is 2.39. The number of carbonyl (C=O) groups excluding carboxylic acids is 1.